The molecule has 0 aromatic rings. The molecule has 4 heteroatoms. The van der Waals surface area contributed by atoms with Crippen molar-refractivity contribution in [3.05, 3.63) is 11.5 Å². The van der Waals surface area contributed by atoms with Crippen molar-refractivity contribution >= 4 is 9.73 Å². The third kappa shape index (κ3) is 1.31. The van der Waals surface area contributed by atoms with Crippen LogP contribution in [0.3, 0.4) is 0 Å². The van der Waals surface area contributed by atoms with Crippen molar-refractivity contribution in [2.45, 2.75) is 6.04 Å². The summed E-state index contributed by atoms with van der Waals surface area (Å²) in [6.45, 7) is 0. The molecule has 2 N–H and O–H groups in total. The summed E-state index contributed by atoms with van der Waals surface area (Å²) in [6, 6.07) is -0.0544. The molecule has 0 saturated carbocycles. The van der Waals surface area contributed by atoms with Crippen LogP contribution in [0.4, 0.5) is 0 Å². The van der Waals surface area contributed by atoms with Gasteiger partial charge in [-0.2, -0.15) is 0 Å². The van der Waals surface area contributed by atoms with E-state index in [-0.39, 0.29) is 6.04 Å². The Labute approximate surface area is 55.1 Å². The van der Waals surface area contributed by atoms with E-state index in [4.69, 9.17) is 5.73 Å². The molecule has 1 heterocycles. The molecule has 0 spiro atoms. The predicted octanol–water partition coefficient (Wildman–Crippen LogP) is -0.0612. The second-order valence-corrected chi connectivity index (χ2v) is 4.38. The summed E-state index contributed by atoms with van der Waals surface area (Å²) in [4.78, 5) is 0. The summed E-state index contributed by atoms with van der Waals surface area (Å²) in [5.41, 5.74) is 5.46. The van der Waals surface area contributed by atoms with Crippen LogP contribution in [0.15, 0.2) is 15.8 Å². The molecule has 3 nitrogen and oxygen atoms in total. The van der Waals surface area contributed by atoms with Gasteiger partial charge in [0.1, 0.15) is 0 Å². The molecule has 0 aromatic heterocycles. The minimum absolute atomic E-state index is 0.0544. The van der Waals surface area contributed by atoms with Gasteiger partial charge in [-0.15, -0.1) is 0 Å². The number of hydrogen-bond acceptors (Lipinski definition) is 3. The first kappa shape index (κ1) is 6.77. The normalized spacial score (nSPS) is 41.3. The largest absolute Gasteiger partial charge is 0.324 e. The van der Waals surface area contributed by atoms with Crippen LogP contribution < -0.4 is 5.73 Å². The maximum absolute atomic E-state index is 11.2. The summed E-state index contributed by atoms with van der Waals surface area (Å²) in [7, 11) is -0.461. The fourth-order valence-corrected chi connectivity index (χ4v) is 2.24. The third-order valence-corrected chi connectivity index (χ3v) is 3.34. The third-order valence-electron chi connectivity index (χ3n) is 1.28. The first-order valence-electron chi connectivity index (χ1n) is 2.73. The Balaban J connectivity index is 2.95. The van der Waals surface area contributed by atoms with E-state index in [0.29, 0.717) is 5.75 Å². The Kier molecular flexibility index (Phi) is 1.59. The van der Waals surface area contributed by atoms with Crippen molar-refractivity contribution in [1.82, 2.24) is 0 Å². The van der Waals surface area contributed by atoms with E-state index < -0.39 is 9.73 Å². The summed E-state index contributed by atoms with van der Waals surface area (Å²) in [6.07, 6.45) is 1.75. The van der Waals surface area contributed by atoms with Crippen LogP contribution in [-0.2, 0) is 9.73 Å². The molecule has 0 aromatic carbocycles. The Bertz CT molecular complexity index is 237. The molecule has 2 atom stereocenters. The molecule has 0 bridgehead atoms. The first-order chi connectivity index (χ1) is 4.16. The lowest BCUT2D eigenvalue weighted by Gasteiger charge is -1.97. The Morgan fingerprint density at radius 3 is 2.78 bits per heavy atom. The predicted molar refractivity (Wildman–Crippen MR) is 38.5 cm³/mol. The van der Waals surface area contributed by atoms with Crippen LogP contribution in [0.1, 0.15) is 0 Å². The summed E-state index contributed by atoms with van der Waals surface area (Å²) < 4.78 is 15.0. The highest BCUT2D eigenvalue weighted by Gasteiger charge is 2.14. The van der Waals surface area contributed by atoms with Crippen LogP contribution in [0.5, 0.6) is 0 Å². The van der Waals surface area contributed by atoms with Crippen molar-refractivity contribution < 1.29 is 4.21 Å². The summed E-state index contributed by atoms with van der Waals surface area (Å²) >= 11 is 0. The van der Waals surface area contributed by atoms with Gasteiger partial charge in [-0.05, 0) is 0 Å². The topological polar surface area (TPSA) is 55.5 Å². The number of hydrogen-bond donors (Lipinski definition) is 1. The zero-order valence-corrected chi connectivity index (χ0v) is 6.10. The first-order valence-corrected chi connectivity index (χ1v) is 4.48. The zero-order valence-electron chi connectivity index (χ0n) is 5.28. The average molecular weight is 146 g/mol. The van der Waals surface area contributed by atoms with Gasteiger partial charge in [0, 0.05) is 18.5 Å². The second kappa shape index (κ2) is 2.11. The van der Waals surface area contributed by atoms with Crippen molar-refractivity contribution in [3.8, 4) is 0 Å². The van der Waals surface area contributed by atoms with Crippen LogP contribution >= 0.6 is 0 Å². The SMILES string of the molecule is CN=S1(=O)C=CC(N)C1. The zero-order chi connectivity index (χ0) is 6.91. The number of nitrogens with two attached hydrogens (primary N) is 1. The Morgan fingerprint density at radius 1 is 1.89 bits per heavy atom. The standard InChI is InChI=1S/C5H10N2OS/c1-7-9(8)3-2-5(6)4-9/h2-3,5H,4,6H2,1H3. The molecule has 52 valence electrons. The molecule has 9 heavy (non-hydrogen) atoms. The maximum Gasteiger partial charge on any atom is 0.0696 e. The molecule has 2 unspecified atom stereocenters. The van der Waals surface area contributed by atoms with Crippen molar-refractivity contribution in [3.63, 3.8) is 0 Å². The molecular weight excluding hydrogens is 136 g/mol. The minimum atomic E-state index is -2.02. The fraction of sp³-hybridized carbons (Fsp3) is 0.600. The van der Waals surface area contributed by atoms with Crippen LogP contribution in [0, 0.1) is 0 Å². The van der Waals surface area contributed by atoms with E-state index in [1.165, 1.54) is 0 Å². The Morgan fingerprint density at radius 2 is 2.56 bits per heavy atom. The minimum Gasteiger partial charge on any atom is -0.324 e. The average Bonchev–Trinajstić information content (AvgIpc) is 2.13. The van der Waals surface area contributed by atoms with Crippen LogP contribution in [0.25, 0.3) is 0 Å². The van der Waals surface area contributed by atoms with E-state index in [1.54, 1.807) is 18.5 Å². The van der Waals surface area contributed by atoms with Gasteiger partial charge in [0.25, 0.3) is 0 Å². The van der Waals surface area contributed by atoms with Crippen molar-refractivity contribution in [2.24, 2.45) is 10.1 Å². The van der Waals surface area contributed by atoms with Gasteiger partial charge in [-0.1, -0.05) is 6.08 Å². The molecule has 1 aliphatic heterocycles. The molecule has 0 fully saturated rings. The van der Waals surface area contributed by atoms with Crippen molar-refractivity contribution in [1.29, 1.82) is 0 Å². The Hall–Kier alpha value is -0.350. The number of nitrogens with zero attached hydrogens (tertiary/aromatic N) is 1. The second-order valence-electron chi connectivity index (χ2n) is 2.03. The van der Waals surface area contributed by atoms with E-state index in [1.807, 2.05) is 0 Å². The molecule has 1 rings (SSSR count). The highest BCUT2D eigenvalue weighted by molar-refractivity contribution is 7.96. The molecule has 1 aliphatic rings. The van der Waals surface area contributed by atoms with Gasteiger partial charge in [-0.3, -0.25) is 0 Å². The van der Waals surface area contributed by atoms with Crippen LogP contribution in [-0.4, -0.2) is 23.1 Å². The molecule has 0 saturated heterocycles. The van der Waals surface area contributed by atoms with E-state index >= 15 is 0 Å². The van der Waals surface area contributed by atoms with E-state index in [2.05, 4.69) is 4.36 Å². The molecule has 0 aliphatic carbocycles. The monoisotopic (exact) mass is 146 g/mol. The molecular formula is C5H10N2OS. The van der Waals surface area contributed by atoms with Crippen LogP contribution in [0.2, 0.25) is 0 Å². The lowest BCUT2D eigenvalue weighted by atomic mass is 10.4. The van der Waals surface area contributed by atoms with Gasteiger partial charge in [0.2, 0.25) is 0 Å². The maximum atomic E-state index is 11.2. The molecule has 0 radical (unpaired) electrons. The fourth-order valence-electron chi connectivity index (χ4n) is 0.746. The molecule has 0 amide bonds. The van der Waals surface area contributed by atoms with Gasteiger partial charge >= 0.3 is 0 Å². The lowest BCUT2D eigenvalue weighted by Crippen LogP contribution is -2.20. The van der Waals surface area contributed by atoms with Gasteiger partial charge in [0.15, 0.2) is 0 Å². The highest BCUT2D eigenvalue weighted by Crippen LogP contribution is 2.08. The lowest BCUT2D eigenvalue weighted by molar-refractivity contribution is 0.681. The van der Waals surface area contributed by atoms with Gasteiger partial charge in [-0.25, -0.2) is 8.57 Å². The number of rotatable bonds is 0. The summed E-state index contributed by atoms with van der Waals surface area (Å²) in [5, 5.41) is 1.61. The van der Waals surface area contributed by atoms with E-state index in [9.17, 15) is 4.21 Å². The highest BCUT2D eigenvalue weighted by atomic mass is 32.2. The summed E-state index contributed by atoms with van der Waals surface area (Å²) in [5.74, 6) is 0.490. The quantitative estimate of drug-likeness (QED) is 0.520. The van der Waals surface area contributed by atoms with Crippen molar-refractivity contribution in [2.75, 3.05) is 12.8 Å². The smallest absolute Gasteiger partial charge is 0.0696 e. The van der Waals surface area contributed by atoms with E-state index in [0.717, 1.165) is 0 Å². The van der Waals surface area contributed by atoms with Gasteiger partial charge < -0.3 is 5.73 Å². The van der Waals surface area contributed by atoms with Gasteiger partial charge in [0.05, 0.1) is 15.5 Å².